The molecular formula is C12H22N2O. The Bertz CT molecular complexity index is 264. The molecule has 1 rings (SSSR count). The molecule has 0 aliphatic heterocycles. The third-order valence-corrected chi connectivity index (χ3v) is 1.97. The number of aromatic nitrogens is 1. The summed E-state index contributed by atoms with van der Waals surface area (Å²) in [6.45, 7) is 6.07. The SMILES string of the molecule is CC.Cc1cncc(CCC(N)CO)c1. The van der Waals surface area contributed by atoms with Gasteiger partial charge in [0, 0.05) is 18.4 Å². The predicted molar refractivity (Wildman–Crippen MR) is 63.7 cm³/mol. The first kappa shape index (κ1) is 14.1. The molecule has 0 radical (unpaired) electrons. The maximum atomic E-state index is 8.73. The van der Waals surface area contributed by atoms with Crippen LogP contribution < -0.4 is 5.73 Å². The lowest BCUT2D eigenvalue weighted by molar-refractivity contribution is 0.260. The van der Waals surface area contributed by atoms with Crippen LogP contribution in [-0.2, 0) is 6.42 Å². The van der Waals surface area contributed by atoms with E-state index >= 15 is 0 Å². The van der Waals surface area contributed by atoms with Crippen molar-refractivity contribution in [1.29, 1.82) is 0 Å². The van der Waals surface area contributed by atoms with Gasteiger partial charge in [0.2, 0.25) is 0 Å². The Kier molecular flexibility index (Phi) is 7.86. The first-order chi connectivity index (χ1) is 7.22. The standard InChI is InChI=1S/C10H16N2O.C2H6/c1-8-4-9(6-12-5-8)2-3-10(11)7-13;1-2/h4-6,10,13H,2-3,7,11H2,1H3;1-2H3. The van der Waals surface area contributed by atoms with Crippen LogP contribution in [0.2, 0.25) is 0 Å². The molecule has 86 valence electrons. The minimum atomic E-state index is -0.111. The van der Waals surface area contributed by atoms with Gasteiger partial charge in [-0.3, -0.25) is 4.98 Å². The summed E-state index contributed by atoms with van der Waals surface area (Å²) in [6.07, 6.45) is 5.37. The van der Waals surface area contributed by atoms with Gasteiger partial charge in [0.15, 0.2) is 0 Å². The van der Waals surface area contributed by atoms with Crippen molar-refractivity contribution in [3.63, 3.8) is 0 Å². The van der Waals surface area contributed by atoms with E-state index in [4.69, 9.17) is 10.8 Å². The summed E-state index contributed by atoms with van der Waals surface area (Å²) in [5.74, 6) is 0. The number of hydrogen-bond acceptors (Lipinski definition) is 3. The summed E-state index contributed by atoms with van der Waals surface area (Å²) in [7, 11) is 0. The van der Waals surface area contributed by atoms with Crippen molar-refractivity contribution < 1.29 is 5.11 Å². The number of pyridine rings is 1. The largest absolute Gasteiger partial charge is 0.395 e. The molecule has 0 amide bonds. The zero-order valence-corrected chi connectivity index (χ0v) is 9.90. The predicted octanol–water partition coefficient (Wildman–Crippen LogP) is 1.67. The first-order valence-electron chi connectivity index (χ1n) is 5.49. The maximum absolute atomic E-state index is 8.73. The van der Waals surface area contributed by atoms with Gasteiger partial charge < -0.3 is 10.8 Å². The molecule has 0 fully saturated rings. The highest BCUT2D eigenvalue weighted by Crippen LogP contribution is 2.05. The normalized spacial score (nSPS) is 11.5. The van der Waals surface area contributed by atoms with Gasteiger partial charge in [-0.15, -0.1) is 0 Å². The molecular weight excluding hydrogens is 188 g/mol. The maximum Gasteiger partial charge on any atom is 0.0582 e. The fraction of sp³-hybridized carbons (Fsp3) is 0.583. The molecule has 0 saturated carbocycles. The molecule has 1 atom stereocenters. The van der Waals surface area contributed by atoms with Crippen molar-refractivity contribution in [3.8, 4) is 0 Å². The minimum absolute atomic E-state index is 0.0548. The first-order valence-corrected chi connectivity index (χ1v) is 5.49. The van der Waals surface area contributed by atoms with Crippen LogP contribution in [0.4, 0.5) is 0 Å². The molecule has 0 bridgehead atoms. The zero-order chi connectivity index (χ0) is 11.7. The molecule has 15 heavy (non-hydrogen) atoms. The van der Waals surface area contributed by atoms with E-state index in [0.29, 0.717) is 0 Å². The topological polar surface area (TPSA) is 59.1 Å². The van der Waals surface area contributed by atoms with Gasteiger partial charge in [-0.25, -0.2) is 0 Å². The van der Waals surface area contributed by atoms with Crippen molar-refractivity contribution in [2.24, 2.45) is 5.73 Å². The van der Waals surface area contributed by atoms with Crippen molar-refractivity contribution in [2.45, 2.75) is 39.7 Å². The lowest BCUT2D eigenvalue weighted by atomic mass is 10.1. The van der Waals surface area contributed by atoms with E-state index in [1.165, 1.54) is 5.56 Å². The monoisotopic (exact) mass is 210 g/mol. The molecule has 1 heterocycles. The summed E-state index contributed by atoms with van der Waals surface area (Å²) in [4.78, 5) is 4.08. The van der Waals surface area contributed by atoms with E-state index in [1.807, 2.05) is 33.2 Å². The zero-order valence-electron chi connectivity index (χ0n) is 9.90. The van der Waals surface area contributed by atoms with Gasteiger partial charge >= 0.3 is 0 Å². The summed E-state index contributed by atoms with van der Waals surface area (Å²) in [5, 5.41) is 8.73. The van der Waals surface area contributed by atoms with Crippen LogP contribution in [0.3, 0.4) is 0 Å². The second-order valence-corrected chi connectivity index (χ2v) is 3.35. The number of rotatable bonds is 4. The van der Waals surface area contributed by atoms with Gasteiger partial charge in [0.05, 0.1) is 6.61 Å². The highest BCUT2D eigenvalue weighted by molar-refractivity contribution is 5.16. The summed E-state index contributed by atoms with van der Waals surface area (Å²) >= 11 is 0. The van der Waals surface area contributed by atoms with Gasteiger partial charge in [-0.2, -0.15) is 0 Å². The van der Waals surface area contributed by atoms with Gasteiger partial charge in [-0.1, -0.05) is 19.9 Å². The minimum Gasteiger partial charge on any atom is -0.395 e. The Labute approximate surface area is 92.3 Å². The smallest absolute Gasteiger partial charge is 0.0582 e. The molecule has 0 saturated heterocycles. The average Bonchev–Trinajstić information content (AvgIpc) is 2.29. The number of aliphatic hydroxyl groups excluding tert-OH is 1. The van der Waals surface area contributed by atoms with Crippen LogP contribution in [0.1, 0.15) is 31.4 Å². The molecule has 3 nitrogen and oxygen atoms in total. The molecule has 1 aromatic rings. The van der Waals surface area contributed by atoms with Crippen LogP contribution in [0.5, 0.6) is 0 Å². The van der Waals surface area contributed by atoms with E-state index in [1.54, 1.807) is 0 Å². The van der Waals surface area contributed by atoms with Crippen LogP contribution in [0.15, 0.2) is 18.5 Å². The van der Waals surface area contributed by atoms with Gasteiger partial charge in [0.25, 0.3) is 0 Å². The van der Waals surface area contributed by atoms with E-state index in [-0.39, 0.29) is 12.6 Å². The Morgan fingerprint density at radius 3 is 2.60 bits per heavy atom. The third kappa shape index (κ3) is 6.20. The fourth-order valence-electron chi connectivity index (χ4n) is 1.20. The van der Waals surface area contributed by atoms with E-state index in [0.717, 1.165) is 18.4 Å². The van der Waals surface area contributed by atoms with Crippen LogP contribution in [-0.4, -0.2) is 22.7 Å². The lowest BCUT2D eigenvalue weighted by Crippen LogP contribution is -2.24. The van der Waals surface area contributed by atoms with Gasteiger partial charge in [-0.05, 0) is 30.9 Å². The van der Waals surface area contributed by atoms with Crippen LogP contribution in [0, 0.1) is 6.92 Å². The Morgan fingerprint density at radius 2 is 2.07 bits per heavy atom. The molecule has 0 aliphatic rings. The van der Waals surface area contributed by atoms with Crippen molar-refractivity contribution in [1.82, 2.24) is 4.98 Å². The summed E-state index contributed by atoms with van der Waals surface area (Å²) in [6, 6.07) is 1.98. The summed E-state index contributed by atoms with van der Waals surface area (Å²) < 4.78 is 0. The molecule has 3 heteroatoms. The molecule has 1 unspecified atom stereocenters. The quantitative estimate of drug-likeness (QED) is 0.794. The third-order valence-electron chi connectivity index (χ3n) is 1.97. The highest BCUT2D eigenvalue weighted by atomic mass is 16.3. The van der Waals surface area contributed by atoms with Crippen molar-refractivity contribution in [3.05, 3.63) is 29.6 Å². The Morgan fingerprint density at radius 1 is 1.40 bits per heavy atom. The summed E-state index contributed by atoms with van der Waals surface area (Å²) in [5.41, 5.74) is 7.93. The number of aryl methyl sites for hydroxylation is 2. The number of nitrogens with two attached hydrogens (primary N) is 1. The molecule has 0 aliphatic carbocycles. The Hall–Kier alpha value is -0.930. The van der Waals surface area contributed by atoms with E-state index < -0.39 is 0 Å². The average molecular weight is 210 g/mol. The number of nitrogens with zero attached hydrogens (tertiary/aromatic N) is 1. The van der Waals surface area contributed by atoms with Crippen LogP contribution in [0.25, 0.3) is 0 Å². The highest BCUT2D eigenvalue weighted by Gasteiger charge is 2.01. The van der Waals surface area contributed by atoms with Crippen molar-refractivity contribution >= 4 is 0 Å². The molecule has 1 aromatic heterocycles. The van der Waals surface area contributed by atoms with E-state index in [9.17, 15) is 0 Å². The molecule has 0 aromatic carbocycles. The van der Waals surface area contributed by atoms with Gasteiger partial charge in [0.1, 0.15) is 0 Å². The van der Waals surface area contributed by atoms with E-state index in [2.05, 4.69) is 11.1 Å². The number of aliphatic hydroxyl groups is 1. The van der Waals surface area contributed by atoms with Crippen molar-refractivity contribution in [2.75, 3.05) is 6.61 Å². The van der Waals surface area contributed by atoms with Crippen LogP contribution >= 0.6 is 0 Å². The lowest BCUT2D eigenvalue weighted by Gasteiger charge is -2.07. The second kappa shape index (κ2) is 8.38. The second-order valence-electron chi connectivity index (χ2n) is 3.35. The molecule has 0 spiro atoms. The fourth-order valence-corrected chi connectivity index (χ4v) is 1.20. The Balaban J connectivity index is 0.000000921. The molecule has 3 N–H and O–H groups in total. The number of hydrogen-bond donors (Lipinski definition) is 2.